The van der Waals surface area contributed by atoms with Gasteiger partial charge in [0, 0.05) is 25.2 Å². The Morgan fingerprint density at radius 2 is 1.94 bits per heavy atom. The van der Waals surface area contributed by atoms with Crippen molar-refractivity contribution in [1.29, 1.82) is 0 Å². The van der Waals surface area contributed by atoms with Gasteiger partial charge in [0.2, 0.25) is 0 Å². The predicted octanol–water partition coefficient (Wildman–Crippen LogP) is 3.73. The lowest BCUT2D eigenvalue weighted by Gasteiger charge is -2.21. The maximum Gasteiger partial charge on any atom is 0.160 e. The van der Waals surface area contributed by atoms with Gasteiger partial charge in [0.1, 0.15) is 29.2 Å². The van der Waals surface area contributed by atoms with E-state index in [1.165, 1.54) is 0 Å². The van der Waals surface area contributed by atoms with Gasteiger partial charge in [-0.15, -0.1) is 0 Å². The van der Waals surface area contributed by atoms with E-state index in [1.54, 1.807) is 18.4 Å². The molecule has 1 aliphatic rings. The first kappa shape index (κ1) is 23.4. The van der Waals surface area contributed by atoms with Gasteiger partial charge in [0.25, 0.3) is 0 Å². The lowest BCUT2D eigenvalue weighted by atomic mass is 10.1. The molecule has 0 unspecified atom stereocenters. The van der Waals surface area contributed by atoms with Gasteiger partial charge in [-0.1, -0.05) is 13.8 Å². The molecule has 3 aromatic rings. The number of hydrogen-bond donors (Lipinski definition) is 2. The van der Waals surface area contributed by atoms with Gasteiger partial charge in [0.15, 0.2) is 5.65 Å². The largest absolute Gasteiger partial charge is 0.389 e. The van der Waals surface area contributed by atoms with Crippen LogP contribution in [0.15, 0.2) is 12.1 Å². The first-order valence-electron chi connectivity index (χ1n) is 11.6. The molecule has 3 aromatic heterocycles. The zero-order chi connectivity index (χ0) is 23.9. The third-order valence-corrected chi connectivity index (χ3v) is 5.76. The lowest BCUT2D eigenvalue weighted by molar-refractivity contribution is 0.0944. The number of nitrogens with one attached hydrogen (secondary N) is 1. The molecule has 33 heavy (non-hydrogen) atoms. The van der Waals surface area contributed by atoms with Crippen molar-refractivity contribution >= 4 is 17.3 Å². The fourth-order valence-electron chi connectivity index (χ4n) is 4.09. The zero-order valence-corrected chi connectivity index (χ0v) is 20.4. The molecule has 0 aromatic carbocycles. The predicted molar refractivity (Wildman–Crippen MR) is 129 cm³/mol. The molecule has 0 spiro atoms. The van der Waals surface area contributed by atoms with Crippen molar-refractivity contribution in [3.63, 3.8) is 0 Å². The summed E-state index contributed by atoms with van der Waals surface area (Å²) in [5, 5.41) is 18.3. The van der Waals surface area contributed by atoms with Crippen molar-refractivity contribution in [3.8, 4) is 11.4 Å². The highest BCUT2D eigenvalue weighted by molar-refractivity contribution is 5.67. The van der Waals surface area contributed by atoms with E-state index in [-0.39, 0.29) is 0 Å². The molecule has 178 valence electrons. The summed E-state index contributed by atoms with van der Waals surface area (Å²) < 4.78 is 15.6. The van der Waals surface area contributed by atoms with Crippen molar-refractivity contribution in [2.24, 2.45) is 5.92 Å². The minimum absolute atomic E-state index is 0.328. The fraction of sp³-hybridized carbons (Fsp3) is 0.583. The lowest BCUT2D eigenvalue weighted by Crippen LogP contribution is -2.30. The van der Waals surface area contributed by atoms with Crippen molar-refractivity contribution in [1.82, 2.24) is 24.6 Å². The number of halogens is 1. The molecule has 0 amide bonds. The van der Waals surface area contributed by atoms with Crippen LogP contribution < -0.4 is 10.2 Å². The number of rotatable bonds is 7. The number of aliphatic hydroxyl groups is 1. The zero-order valence-electron chi connectivity index (χ0n) is 20.4. The van der Waals surface area contributed by atoms with Crippen LogP contribution in [0.2, 0.25) is 0 Å². The van der Waals surface area contributed by atoms with E-state index in [4.69, 9.17) is 20.1 Å². The normalized spacial score (nSPS) is 16.9. The smallest absolute Gasteiger partial charge is 0.160 e. The highest BCUT2D eigenvalue weighted by atomic mass is 19.1. The Balaban J connectivity index is 1.80. The monoisotopic (exact) mass is 455 g/mol. The van der Waals surface area contributed by atoms with Gasteiger partial charge in [-0.25, -0.2) is 14.4 Å². The summed E-state index contributed by atoms with van der Waals surface area (Å²) in [5.74, 6) is 1.85. The summed E-state index contributed by atoms with van der Waals surface area (Å²) in [5.41, 5.74) is 3.88. The maximum atomic E-state index is 13.9. The Morgan fingerprint density at radius 1 is 1.18 bits per heavy atom. The van der Waals surface area contributed by atoms with E-state index in [1.807, 2.05) is 30.9 Å². The highest BCUT2D eigenvalue weighted by Gasteiger charge is 2.25. The molecule has 1 fully saturated rings. The average molecular weight is 456 g/mol. The molecule has 0 radical (unpaired) electrons. The third-order valence-electron chi connectivity index (χ3n) is 5.76. The van der Waals surface area contributed by atoms with E-state index < -0.39 is 11.8 Å². The summed E-state index contributed by atoms with van der Waals surface area (Å²) in [6.45, 7) is 13.0. The van der Waals surface area contributed by atoms with Crippen LogP contribution in [0, 0.1) is 19.8 Å². The summed E-state index contributed by atoms with van der Waals surface area (Å²) in [7, 11) is 0. The molecule has 0 bridgehead atoms. The number of alkyl halides is 1. The molecule has 0 aliphatic carbocycles. The van der Waals surface area contributed by atoms with Gasteiger partial charge < -0.3 is 15.3 Å². The topological polar surface area (TPSA) is 91.5 Å². The van der Waals surface area contributed by atoms with Crippen LogP contribution in [0.4, 0.5) is 16.0 Å². The van der Waals surface area contributed by atoms with Crippen LogP contribution in [0.1, 0.15) is 51.2 Å². The molecule has 8 nitrogen and oxygen atoms in total. The van der Waals surface area contributed by atoms with Crippen molar-refractivity contribution < 1.29 is 9.50 Å². The molecule has 1 saturated heterocycles. The molecule has 0 saturated carbocycles. The summed E-state index contributed by atoms with van der Waals surface area (Å²) in [6, 6.07) is 3.76. The summed E-state index contributed by atoms with van der Waals surface area (Å²) in [6.07, 6.45) is 0.501. The van der Waals surface area contributed by atoms with E-state index in [0.717, 1.165) is 29.2 Å². The molecule has 1 aliphatic heterocycles. The van der Waals surface area contributed by atoms with E-state index in [0.29, 0.717) is 54.9 Å². The molecule has 9 heteroatoms. The maximum absolute atomic E-state index is 13.9. The highest BCUT2D eigenvalue weighted by Crippen LogP contribution is 2.28. The number of aryl methyl sites for hydroxylation is 2. The molecule has 2 N–H and O–H groups in total. The number of aromatic nitrogens is 5. The third kappa shape index (κ3) is 5.24. The van der Waals surface area contributed by atoms with Crippen LogP contribution >= 0.6 is 0 Å². The minimum atomic E-state index is -0.909. The first-order valence-corrected chi connectivity index (χ1v) is 11.6. The van der Waals surface area contributed by atoms with E-state index >= 15 is 0 Å². The van der Waals surface area contributed by atoms with E-state index in [2.05, 4.69) is 19.2 Å². The molecule has 4 heterocycles. The number of anilines is 2. The second-order valence-electron chi connectivity index (χ2n) is 10.1. The van der Waals surface area contributed by atoms with Crippen LogP contribution in [0.5, 0.6) is 0 Å². The van der Waals surface area contributed by atoms with Crippen LogP contribution in [-0.2, 0) is 6.42 Å². The Morgan fingerprint density at radius 3 is 2.58 bits per heavy atom. The molecule has 1 atom stereocenters. The van der Waals surface area contributed by atoms with Crippen molar-refractivity contribution in [3.05, 3.63) is 29.2 Å². The Labute approximate surface area is 194 Å². The summed E-state index contributed by atoms with van der Waals surface area (Å²) >= 11 is 0. The second kappa shape index (κ2) is 8.85. The van der Waals surface area contributed by atoms with Crippen LogP contribution in [0.3, 0.4) is 0 Å². The molecular formula is C24H34FN7O. The number of nitrogens with zero attached hydrogens (tertiary/aromatic N) is 6. The van der Waals surface area contributed by atoms with Gasteiger partial charge >= 0.3 is 0 Å². The number of fused-ring (bicyclic) bond motifs is 1. The Kier molecular flexibility index (Phi) is 6.26. The second-order valence-corrected chi connectivity index (χ2v) is 10.1. The number of hydrogen-bond acceptors (Lipinski definition) is 7. The van der Waals surface area contributed by atoms with Gasteiger partial charge in [-0.05, 0) is 46.5 Å². The molecule has 4 rings (SSSR count). The Bertz CT molecular complexity index is 1150. The quantitative estimate of drug-likeness (QED) is 0.561. The van der Waals surface area contributed by atoms with E-state index in [9.17, 15) is 9.50 Å². The van der Waals surface area contributed by atoms with Gasteiger partial charge in [-0.3, -0.25) is 4.98 Å². The van der Waals surface area contributed by atoms with Crippen LogP contribution in [-0.4, -0.2) is 61.1 Å². The standard InChI is InChI=1S/C24H34FN7O/c1-14(2)9-18-15(3)27-16(4)23(28-18)19-10-22-29-21(31-8-7-17(25)12-31)11-20(32(22)30-19)26-13-24(5,6)33/h10-11,14,17,26,33H,7-9,12-13H2,1-6H3/t17-/m1/s1. The first-order chi connectivity index (χ1) is 15.5. The van der Waals surface area contributed by atoms with Crippen molar-refractivity contribution in [2.45, 2.75) is 66.2 Å². The van der Waals surface area contributed by atoms with Crippen molar-refractivity contribution in [2.75, 3.05) is 29.9 Å². The fourth-order valence-corrected chi connectivity index (χ4v) is 4.09. The van der Waals surface area contributed by atoms with Gasteiger partial charge in [-0.2, -0.15) is 9.61 Å². The van der Waals surface area contributed by atoms with Gasteiger partial charge in [0.05, 0.1) is 29.2 Å². The van der Waals surface area contributed by atoms with Crippen LogP contribution in [0.25, 0.3) is 17.0 Å². The Hall–Kier alpha value is -2.81. The summed E-state index contributed by atoms with van der Waals surface area (Å²) in [4.78, 5) is 16.4. The average Bonchev–Trinajstić information content (AvgIpc) is 3.33. The SMILES string of the molecule is Cc1nc(C)c(-c2cc3nc(N4CC[C@@H](F)C4)cc(NCC(C)(C)O)n3n2)nc1CC(C)C. The molecular weight excluding hydrogens is 421 g/mol. The minimum Gasteiger partial charge on any atom is -0.389 e.